The Balaban J connectivity index is 2.00. The molecule has 2 rings (SSSR count). The van der Waals surface area contributed by atoms with Crippen molar-refractivity contribution in [1.82, 2.24) is 5.32 Å². The average molecular weight is 310 g/mol. The molecule has 1 aromatic rings. The molecule has 0 radical (unpaired) electrons. The first-order chi connectivity index (χ1) is 9.99. The van der Waals surface area contributed by atoms with Crippen molar-refractivity contribution in [3.63, 3.8) is 0 Å². The molecule has 0 aromatic heterocycles. The second kappa shape index (κ2) is 6.94. The normalized spacial score (nSPS) is 17.2. The van der Waals surface area contributed by atoms with Crippen LogP contribution >= 0.6 is 11.6 Å². The Hall–Kier alpha value is -1.55. The number of carbonyl (C=O) groups is 2. The van der Waals surface area contributed by atoms with Gasteiger partial charge in [-0.15, -0.1) is 0 Å². The fourth-order valence-electron chi connectivity index (χ4n) is 2.99. The summed E-state index contributed by atoms with van der Waals surface area (Å²) in [7, 11) is 0. The van der Waals surface area contributed by atoms with Crippen LogP contribution in [0.5, 0.6) is 0 Å². The topological polar surface area (TPSA) is 66.4 Å². The summed E-state index contributed by atoms with van der Waals surface area (Å²) in [6.07, 6.45) is 4.77. The quantitative estimate of drug-likeness (QED) is 0.878. The van der Waals surface area contributed by atoms with Crippen molar-refractivity contribution < 1.29 is 14.7 Å². The monoisotopic (exact) mass is 309 g/mol. The lowest BCUT2D eigenvalue weighted by atomic mass is 9.79. The zero-order valence-corrected chi connectivity index (χ0v) is 12.7. The Morgan fingerprint density at radius 2 is 1.76 bits per heavy atom. The van der Waals surface area contributed by atoms with Crippen LogP contribution in [0.15, 0.2) is 24.3 Å². The standard InChI is InChI=1S/C16H20ClNO3/c17-13-6-4-12(5-7-13)10-14(19)18-16(11-15(20)21)8-2-1-3-9-16/h4-7H,1-3,8-11H2,(H,18,19)(H,20,21). The molecule has 1 saturated carbocycles. The number of aliphatic carboxylic acids is 1. The first-order valence-corrected chi connectivity index (χ1v) is 7.64. The summed E-state index contributed by atoms with van der Waals surface area (Å²) in [5.41, 5.74) is 0.298. The van der Waals surface area contributed by atoms with E-state index in [-0.39, 0.29) is 18.7 Å². The van der Waals surface area contributed by atoms with Gasteiger partial charge in [0.05, 0.1) is 18.4 Å². The lowest BCUT2D eigenvalue weighted by Gasteiger charge is -2.37. The Morgan fingerprint density at radius 3 is 2.33 bits per heavy atom. The number of rotatable bonds is 5. The van der Waals surface area contributed by atoms with E-state index in [4.69, 9.17) is 16.7 Å². The number of carboxylic acid groups (broad SMARTS) is 1. The largest absolute Gasteiger partial charge is 0.481 e. The van der Waals surface area contributed by atoms with Crippen LogP contribution in [0, 0.1) is 0 Å². The van der Waals surface area contributed by atoms with Crippen LogP contribution in [-0.2, 0) is 16.0 Å². The highest BCUT2D eigenvalue weighted by Gasteiger charge is 2.35. The van der Waals surface area contributed by atoms with Gasteiger partial charge in [0, 0.05) is 5.02 Å². The van der Waals surface area contributed by atoms with Gasteiger partial charge in [0.15, 0.2) is 0 Å². The molecule has 1 aliphatic carbocycles. The number of halogens is 1. The third-order valence-electron chi connectivity index (χ3n) is 3.98. The van der Waals surface area contributed by atoms with E-state index in [1.165, 1.54) is 0 Å². The molecule has 4 nitrogen and oxygen atoms in total. The molecule has 1 fully saturated rings. The fourth-order valence-corrected chi connectivity index (χ4v) is 3.12. The minimum atomic E-state index is -0.858. The van der Waals surface area contributed by atoms with Gasteiger partial charge in [-0.2, -0.15) is 0 Å². The van der Waals surface area contributed by atoms with Gasteiger partial charge >= 0.3 is 5.97 Å². The summed E-state index contributed by atoms with van der Waals surface area (Å²) in [6, 6.07) is 7.12. The van der Waals surface area contributed by atoms with Gasteiger partial charge in [-0.25, -0.2) is 0 Å². The second-order valence-corrected chi connectivity index (χ2v) is 6.20. The van der Waals surface area contributed by atoms with Crippen LogP contribution < -0.4 is 5.32 Å². The van der Waals surface area contributed by atoms with Gasteiger partial charge in [0.1, 0.15) is 0 Å². The van der Waals surface area contributed by atoms with Crippen molar-refractivity contribution in [2.24, 2.45) is 0 Å². The molecule has 0 unspecified atom stereocenters. The van der Waals surface area contributed by atoms with Crippen LogP contribution in [0.25, 0.3) is 0 Å². The summed E-state index contributed by atoms with van der Waals surface area (Å²) in [5.74, 6) is -0.982. The molecule has 0 bridgehead atoms. The van der Waals surface area contributed by atoms with Crippen LogP contribution in [0.4, 0.5) is 0 Å². The molecule has 2 N–H and O–H groups in total. The molecule has 21 heavy (non-hydrogen) atoms. The highest BCUT2D eigenvalue weighted by Crippen LogP contribution is 2.31. The van der Waals surface area contributed by atoms with Gasteiger partial charge in [0.2, 0.25) is 5.91 Å². The first-order valence-electron chi connectivity index (χ1n) is 7.26. The van der Waals surface area contributed by atoms with Gasteiger partial charge in [0.25, 0.3) is 0 Å². The van der Waals surface area contributed by atoms with E-state index < -0.39 is 11.5 Å². The van der Waals surface area contributed by atoms with Crippen LogP contribution in [0.2, 0.25) is 5.02 Å². The van der Waals surface area contributed by atoms with E-state index in [9.17, 15) is 9.59 Å². The zero-order valence-electron chi connectivity index (χ0n) is 11.9. The summed E-state index contributed by atoms with van der Waals surface area (Å²) in [4.78, 5) is 23.3. The summed E-state index contributed by atoms with van der Waals surface area (Å²) in [5, 5.41) is 12.7. The van der Waals surface area contributed by atoms with Crippen molar-refractivity contribution in [3.05, 3.63) is 34.9 Å². The van der Waals surface area contributed by atoms with E-state index in [1.54, 1.807) is 12.1 Å². The molecule has 114 valence electrons. The smallest absolute Gasteiger partial charge is 0.305 e. The number of nitrogens with one attached hydrogen (secondary N) is 1. The molecule has 0 heterocycles. The average Bonchev–Trinajstić information content (AvgIpc) is 2.41. The van der Waals surface area contributed by atoms with Crippen molar-refractivity contribution in [2.75, 3.05) is 0 Å². The number of carboxylic acids is 1. The maximum absolute atomic E-state index is 12.2. The number of hydrogen-bond donors (Lipinski definition) is 2. The lowest BCUT2D eigenvalue weighted by Crippen LogP contribution is -2.51. The van der Waals surface area contributed by atoms with Crippen molar-refractivity contribution in [1.29, 1.82) is 0 Å². The minimum absolute atomic E-state index is 0.000637. The van der Waals surface area contributed by atoms with Crippen molar-refractivity contribution >= 4 is 23.5 Å². The van der Waals surface area contributed by atoms with E-state index >= 15 is 0 Å². The van der Waals surface area contributed by atoms with E-state index in [0.29, 0.717) is 5.02 Å². The number of carbonyl (C=O) groups excluding carboxylic acids is 1. The lowest BCUT2D eigenvalue weighted by molar-refractivity contribution is -0.139. The Bertz CT molecular complexity index is 507. The van der Waals surface area contributed by atoms with Crippen LogP contribution in [-0.4, -0.2) is 22.5 Å². The number of benzene rings is 1. The molecule has 1 aromatic carbocycles. The zero-order chi connectivity index (χ0) is 15.3. The predicted octanol–water partition coefficient (Wildman–Crippen LogP) is 3.18. The second-order valence-electron chi connectivity index (χ2n) is 5.76. The van der Waals surface area contributed by atoms with Crippen molar-refractivity contribution in [3.8, 4) is 0 Å². The molecule has 0 aliphatic heterocycles. The summed E-state index contributed by atoms with van der Waals surface area (Å²) >= 11 is 5.82. The molecular weight excluding hydrogens is 290 g/mol. The predicted molar refractivity (Wildman–Crippen MR) is 81.4 cm³/mol. The summed E-state index contributed by atoms with van der Waals surface area (Å²) < 4.78 is 0. The highest BCUT2D eigenvalue weighted by molar-refractivity contribution is 6.30. The Labute approximate surface area is 129 Å². The van der Waals surface area contributed by atoms with Crippen LogP contribution in [0.1, 0.15) is 44.1 Å². The highest BCUT2D eigenvalue weighted by atomic mass is 35.5. The maximum Gasteiger partial charge on any atom is 0.305 e. The first kappa shape index (κ1) is 15.8. The molecule has 0 saturated heterocycles. The molecule has 0 spiro atoms. The van der Waals surface area contributed by atoms with Gasteiger partial charge in [-0.1, -0.05) is 43.0 Å². The molecule has 1 aliphatic rings. The maximum atomic E-state index is 12.2. The van der Waals surface area contributed by atoms with E-state index in [1.807, 2.05) is 12.1 Å². The molecule has 0 atom stereocenters. The number of hydrogen-bond acceptors (Lipinski definition) is 2. The molecule has 5 heteroatoms. The van der Waals surface area contributed by atoms with Gasteiger partial charge in [-0.3, -0.25) is 9.59 Å². The third kappa shape index (κ3) is 4.74. The number of amides is 1. The SMILES string of the molecule is O=C(O)CC1(NC(=O)Cc2ccc(Cl)cc2)CCCCC1. The Morgan fingerprint density at radius 1 is 1.14 bits per heavy atom. The summed E-state index contributed by atoms with van der Waals surface area (Å²) in [6.45, 7) is 0. The molecule has 1 amide bonds. The molecular formula is C16H20ClNO3. The Kier molecular flexibility index (Phi) is 5.23. The van der Waals surface area contributed by atoms with Gasteiger partial charge in [-0.05, 0) is 30.5 Å². The van der Waals surface area contributed by atoms with Crippen molar-refractivity contribution in [2.45, 2.75) is 50.5 Å². The minimum Gasteiger partial charge on any atom is -0.481 e. The van der Waals surface area contributed by atoms with E-state index in [2.05, 4.69) is 5.32 Å². The third-order valence-corrected chi connectivity index (χ3v) is 4.23. The van der Waals surface area contributed by atoms with Crippen LogP contribution in [0.3, 0.4) is 0 Å². The van der Waals surface area contributed by atoms with Gasteiger partial charge < -0.3 is 10.4 Å². The fraction of sp³-hybridized carbons (Fsp3) is 0.500. The van der Waals surface area contributed by atoms with E-state index in [0.717, 1.165) is 37.7 Å².